The van der Waals surface area contributed by atoms with Gasteiger partial charge in [0.2, 0.25) is 0 Å². The van der Waals surface area contributed by atoms with Gasteiger partial charge in [0.1, 0.15) is 5.75 Å². The van der Waals surface area contributed by atoms with Crippen molar-refractivity contribution in [2.45, 2.75) is 96.4 Å². The number of benzene rings is 1. The van der Waals surface area contributed by atoms with Gasteiger partial charge in [-0.3, -0.25) is 0 Å². The molecule has 0 saturated heterocycles. The molecule has 1 aliphatic rings. The first-order chi connectivity index (χ1) is 12.3. The van der Waals surface area contributed by atoms with Crippen LogP contribution in [-0.4, -0.2) is 19.7 Å². The Morgan fingerprint density at radius 3 is 2.32 bits per heavy atom. The third-order valence-corrected chi connectivity index (χ3v) is 5.63. The summed E-state index contributed by atoms with van der Waals surface area (Å²) in [6.07, 6.45) is 17.7. The first-order valence-corrected chi connectivity index (χ1v) is 10.7. The number of rotatable bonds is 13. The molecular weight excluding hydrogens is 306 g/mol. The van der Waals surface area contributed by atoms with Gasteiger partial charge >= 0.3 is 0 Å². The molecule has 0 radical (unpaired) electrons. The number of hydrogen-bond donors (Lipinski definition) is 1. The number of aryl methyl sites for hydroxylation is 1. The van der Waals surface area contributed by atoms with Crippen LogP contribution in [-0.2, 0) is 12.8 Å². The lowest BCUT2D eigenvalue weighted by atomic mass is 9.87. The van der Waals surface area contributed by atoms with E-state index in [1.165, 1.54) is 94.7 Å². The van der Waals surface area contributed by atoms with Crippen molar-refractivity contribution in [2.24, 2.45) is 0 Å². The number of unbranched alkanes of at least 4 members (excludes halogenated alkanes) is 9. The number of methoxy groups -OCH3 is 1. The van der Waals surface area contributed by atoms with E-state index < -0.39 is 0 Å². The molecular formula is C23H39NO. The molecule has 1 aromatic carbocycles. The van der Waals surface area contributed by atoms with E-state index in [0.717, 1.165) is 12.2 Å². The highest BCUT2D eigenvalue weighted by atomic mass is 16.5. The monoisotopic (exact) mass is 345 g/mol. The van der Waals surface area contributed by atoms with Crippen LogP contribution in [0.4, 0.5) is 0 Å². The van der Waals surface area contributed by atoms with Crippen molar-refractivity contribution >= 4 is 0 Å². The first-order valence-electron chi connectivity index (χ1n) is 10.7. The summed E-state index contributed by atoms with van der Waals surface area (Å²) in [6.45, 7) is 3.46. The molecule has 0 spiro atoms. The summed E-state index contributed by atoms with van der Waals surface area (Å²) in [6, 6.07) is 7.11. The zero-order chi connectivity index (χ0) is 17.7. The van der Waals surface area contributed by atoms with Crippen molar-refractivity contribution in [1.29, 1.82) is 0 Å². The third-order valence-electron chi connectivity index (χ3n) is 5.63. The summed E-state index contributed by atoms with van der Waals surface area (Å²) < 4.78 is 5.54. The topological polar surface area (TPSA) is 21.3 Å². The zero-order valence-corrected chi connectivity index (χ0v) is 16.6. The van der Waals surface area contributed by atoms with E-state index in [2.05, 4.69) is 30.4 Å². The Labute approximate surface area is 155 Å². The van der Waals surface area contributed by atoms with Gasteiger partial charge in [-0.1, -0.05) is 76.8 Å². The zero-order valence-electron chi connectivity index (χ0n) is 16.6. The largest absolute Gasteiger partial charge is 0.496 e. The SMILES string of the molecule is CCCCCCCCCCCCNC1CCc2cccc(OC)c2C1. The molecule has 1 N–H and O–H groups in total. The average molecular weight is 346 g/mol. The minimum atomic E-state index is 0.627. The summed E-state index contributed by atoms with van der Waals surface area (Å²) in [5.41, 5.74) is 2.91. The molecule has 1 aromatic rings. The van der Waals surface area contributed by atoms with Gasteiger partial charge in [0.25, 0.3) is 0 Å². The Hall–Kier alpha value is -1.02. The summed E-state index contributed by atoms with van der Waals surface area (Å²) >= 11 is 0. The van der Waals surface area contributed by atoms with Gasteiger partial charge in [-0.05, 0) is 49.4 Å². The minimum absolute atomic E-state index is 0.627. The quantitative estimate of drug-likeness (QED) is 0.439. The van der Waals surface area contributed by atoms with Crippen molar-refractivity contribution in [3.63, 3.8) is 0 Å². The van der Waals surface area contributed by atoms with E-state index in [9.17, 15) is 0 Å². The molecule has 0 aromatic heterocycles. The van der Waals surface area contributed by atoms with Gasteiger partial charge < -0.3 is 10.1 Å². The Bertz CT molecular complexity index is 457. The van der Waals surface area contributed by atoms with Crippen LogP contribution in [0.5, 0.6) is 5.75 Å². The minimum Gasteiger partial charge on any atom is -0.496 e. The summed E-state index contributed by atoms with van der Waals surface area (Å²) in [5, 5.41) is 3.78. The smallest absolute Gasteiger partial charge is 0.122 e. The van der Waals surface area contributed by atoms with Crippen LogP contribution in [0.1, 0.15) is 88.7 Å². The van der Waals surface area contributed by atoms with Crippen LogP contribution in [0.15, 0.2) is 18.2 Å². The summed E-state index contributed by atoms with van der Waals surface area (Å²) in [5.74, 6) is 1.07. The van der Waals surface area contributed by atoms with Crippen LogP contribution < -0.4 is 10.1 Å². The normalized spacial score (nSPS) is 16.6. The second-order valence-corrected chi connectivity index (χ2v) is 7.67. The lowest BCUT2D eigenvalue weighted by molar-refractivity contribution is 0.392. The Morgan fingerprint density at radius 1 is 0.960 bits per heavy atom. The third kappa shape index (κ3) is 7.40. The van der Waals surface area contributed by atoms with E-state index in [0.29, 0.717) is 6.04 Å². The van der Waals surface area contributed by atoms with Crippen molar-refractivity contribution in [3.8, 4) is 5.75 Å². The second-order valence-electron chi connectivity index (χ2n) is 7.67. The second kappa shape index (κ2) is 12.4. The predicted molar refractivity (Wildman–Crippen MR) is 109 cm³/mol. The maximum absolute atomic E-state index is 5.54. The molecule has 2 heteroatoms. The lowest BCUT2D eigenvalue weighted by Crippen LogP contribution is -2.35. The number of ether oxygens (including phenoxy) is 1. The van der Waals surface area contributed by atoms with Crippen molar-refractivity contribution in [2.75, 3.05) is 13.7 Å². The van der Waals surface area contributed by atoms with Crippen LogP contribution in [0.3, 0.4) is 0 Å². The fourth-order valence-corrected chi connectivity index (χ4v) is 4.04. The van der Waals surface area contributed by atoms with Crippen LogP contribution >= 0.6 is 0 Å². The van der Waals surface area contributed by atoms with Crippen molar-refractivity contribution < 1.29 is 4.74 Å². The van der Waals surface area contributed by atoms with Gasteiger partial charge in [-0.2, -0.15) is 0 Å². The Balaban J connectivity index is 1.50. The van der Waals surface area contributed by atoms with Crippen molar-refractivity contribution in [3.05, 3.63) is 29.3 Å². The van der Waals surface area contributed by atoms with E-state index in [1.54, 1.807) is 7.11 Å². The van der Waals surface area contributed by atoms with Gasteiger partial charge in [0.05, 0.1) is 7.11 Å². The summed E-state index contributed by atoms with van der Waals surface area (Å²) in [7, 11) is 1.79. The molecule has 0 amide bonds. The molecule has 1 aliphatic carbocycles. The number of nitrogens with one attached hydrogen (secondary N) is 1. The predicted octanol–water partition coefficient (Wildman–Crippen LogP) is 6.06. The number of fused-ring (bicyclic) bond motifs is 1. The molecule has 0 heterocycles. The van der Waals surface area contributed by atoms with E-state index in [1.807, 2.05) is 0 Å². The fraction of sp³-hybridized carbons (Fsp3) is 0.739. The molecule has 1 atom stereocenters. The fourth-order valence-electron chi connectivity index (χ4n) is 4.04. The highest BCUT2D eigenvalue weighted by molar-refractivity contribution is 5.42. The van der Waals surface area contributed by atoms with Gasteiger partial charge in [0, 0.05) is 6.04 Å². The van der Waals surface area contributed by atoms with Crippen LogP contribution in [0, 0.1) is 0 Å². The lowest BCUT2D eigenvalue weighted by Gasteiger charge is -2.27. The van der Waals surface area contributed by atoms with E-state index in [-0.39, 0.29) is 0 Å². The molecule has 25 heavy (non-hydrogen) atoms. The first kappa shape index (κ1) is 20.3. The van der Waals surface area contributed by atoms with Gasteiger partial charge in [0.15, 0.2) is 0 Å². The molecule has 2 rings (SSSR count). The maximum Gasteiger partial charge on any atom is 0.122 e. The molecule has 2 nitrogen and oxygen atoms in total. The van der Waals surface area contributed by atoms with Crippen LogP contribution in [0.2, 0.25) is 0 Å². The molecule has 0 bridgehead atoms. The molecule has 0 saturated carbocycles. The summed E-state index contributed by atoms with van der Waals surface area (Å²) in [4.78, 5) is 0. The molecule has 0 aliphatic heterocycles. The molecule has 142 valence electrons. The van der Waals surface area contributed by atoms with E-state index >= 15 is 0 Å². The van der Waals surface area contributed by atoms with E-state index in [4.69, 9.17) is 4.74 Å². The van der Waals surface area contributed by atoms with Gasteiger partial charge in [-0.15, -0.1) is 0 Å². The van der Waals surface area contributed by atoms with Crippen molar-refractivity contribution in [1.82, 2.24) is 5.32 Å². The maximum atomic E-state index is 5.54. The molecule has 1 unspecified atom stereocenters. The number of hydrogen-bond acceptors (Lipinski definition) is 2. The standard InChI is InChI=1S/C23H39NO/c1-3-4-5-6-7-8-9-10-11-12-18-24-21-17-16-20-14-13-15-23(25-2)22(20)19-21/h13-15,21,24H,3-12,16-19H2,1-2H3. The Kier molecular flexibility index (Phi) is 10.0. The average Bonchev–Trinajstić information content (AvgIpc) is 2.65. The van der Waals surface area contributed by atoms with Gasteiger partial charge in [-0.25, -0.2) is 0 Å². The Morgan fingerprint density at radius 2 is 1.64 bits per heavy atom. The molecule has 0 fully saturated rings. The highest BCUT2D eigenvalue weighted by Crippen LogP contribution is 2.29. The highest BCUT2D eigenvalue weighted by Gasteiger charge is 2.20. The van der Waals surface area contributed by atoms with Crippen LogP contribution in [0.25, 0.3) is 0 Å².